The van der Waals surface area contributed by atoms with Crippen molar-refractivity contribution in [3.8, 4) is 6.07 Å². The molecule has 1 aromatic carbocycles. The van der Waals surface area contributed by atoms with Crippen molar-refractivity contribution in [2.75, 3.05) is 5.32 Å². The highest BCUT2D eigenvalue weighted by molar-refractivity contribution is 5.94. The molecule has 2 N–H and O–H groups in total. The van der Waals surface area contributed by atoms with Gasteiger partial charge in [0.05, 0.1) is 17.1 Å². The van der Waals surface area contributed by atoms with Crippen LogP contribution in [0.25, 0.3) is 11.0 Å². The van der Waals surface area contributed by atoms with Gasteiger partial charge in [-0.05, 0) is 18.2 Å². The van der Waals surface area contributed by atoms with E-state index in [4.69, 9.17) is 5.26 Å². The highest BCUT2D eigenvalue weighted by Gasteiger charge is 2.07. The molecule has 0 aliphatic heterocycles. The van der Waals surface area contributed by atoms with Crippen LogP contribution in [0.4, 0.5) is 5.69 Å². The minimum Gasteiger partial charge on any atom is -0.342 e. The molecule has 0 aliphatic rings. The summed E-state index contributed by atoms with van der Waals surface area (Å²) in [6.45, 7) is 4.13. The number of nitrogens with one attached hydrogen (secondary N) is 2. The molecule has 18 heavy (non-hydrogen) atoms. The number of carbonyl (C=O) groups is 1. The van der Waals surface area contributed by atoms with Crippen molar-refractivity contribution in [1.82, 2.24) is 9.97 Å². The first kappa shape index (κ1) is 12.1. The number of amides is 1. The summed E-state index contributed by atoms with van der Waals surface area (Å²) in [5.41, 5.74) is 2.42. The molecule has 2 aromatic rings. The van der Waals surface area contributed by atoms with Crippen molar-refractivity contribution < 1.29 is 4.79 Å². The first-order chi connectivity index (χ1) is 8.60. The van der Waals surface area contributed by atoms with Crippen LogP contribution in [0, 0.1) is 11.3 Å². The fraction of sp³-hybridized carbons (Fsp3) is 0.308. The second-order valence-electron chi connectivity index (χ2n) is 4.39. The van der Waals surface area contributed by atoms with Gasteiger partial charge in [-0.15, -0.1) is 0 Å². The Morgan fingerprint density at radius 2 is 2.33 bits per heavy atom. The standard InChI is InChI=1S/C13H14N4O/c1-8(2)13-16-10-4-3-9(7-11(10)17-13)15-12(18)5-6-14/h3-4,7-8H,5H2,1-2H3,(H,15,18)(H,16,17). The van der Waals surface area contributed by atoms with Gasteiger partial charge in [0.2, 0.25) is 5.91 Å². The molecule has 0 saturated heterocycles. The molecule has 1 amide bonds. The van der Waals surface area contributed by atoms with Gasteiger partial charge in [0.25, 0.3) is 0 Å². The lowest BCUT2D eigenvalue weighted by molar-refractivity contribution is -0.115. The van der Waals surface area contributed by atoms with E-state index in [-0.39, 0.29) is 12.3 Å². The lowest BCUT2D eigenvalue weighted by Gasteiger charge is -2.01. The van der Waals surface area contributed by atoms with Gasteiger partial charge in [0, 0.05) is 11.6 Å². The van der Waals surface area contributed by atoms with Crippen molar-refractivity contribution in [2.45, 2.75) is 26.2 Å². The number of benzene rings is 1. The van der Waals surface area contributed by atoms with Crippen LogP contribution in [0.1, 0.15) is 32.0 Å². The van der Waals surface area contributed by atoms with Crippen molar-refractivity contribution in [2.24, 2.45) is 0 Å². The molecule has 2 rings (SSSR count). The number of H-pyrrole nitrogens is 1. The van der Waals surface area contributed by atoms with Gasteiger partial charge < -0.3 is 10.3 Å². The first-order valence-corrected chi connectivity index (χ1v) is 5.76. The second-order valence-corrected chi connectivity index (χ2v) is 4.39. The number of nitrogens with zero attached hydrogens (tertiary/aromatic N) is 2. The fourth-order valence-electron chi connectivity index (χ4n) is 1.66. The number of aromatic nitrogens is 2. The van der Waals surface area contributed by atoms with Crippen molar-refractivity contribution in [3.05, 3.63) is 24.0 Å². The molecule has 1 aromatic heterocycles. The topological polar surface area (TPSA) is 81.6 Å². The molecule has 0 atom stereocenters. The monoisotopic (exact) mass is 242 g/mol. The van der Waals surface area contributed by atoms with Crippen LogP contribution in [0.5, 0.6) is 0 Å². The van der Waals surface area contributed by atoms with Gasteiger partial charge >= 0.3 is 0 Å². The third-order valence-electron chi connectivity index (χ3n) is 2.57. The third-order valence-corrected chi connectivity index (χ3v) is 2.57. The van der Waals surface area contributed by atoms with Crippen molar-refractivity contribution in [1.29, 1.82) is 5.26 Å². The van der Waals surface area contributed by atoms with E-state index in [9.17, 15) is 4.79 Å². The minimum atomic E-state index is -0.305. The number of fused-ring (bicyclic) bond motifs is 1. The average Bonchev–Trinajstić information content (AvgIpc) is 2.72. The zero-order chi connectivity index (χ0) is 13.1. The number of carbonyl (C=O) groups excluding carboxylic acids is 1. The van der Waals surface area contributed by atoms with Crippen LogP contribution in [0.15, 0.2) is 18.2 Å². The van der Waals surface area contributed by atoms with Crippen LogP contribution in [-0.4, -0.2) is 15.9 Å². The summed E-state index contributed by atoms with van der Waals surface area (Å²) in [5.74, 6) is 0.944. The lowest BCUT2D eigenvalue weighted by Crippen LogP contribution is -2.09. The Bertz CT molecular complexity index is 621. The number of rotatable bonds is 3. The van der Waals surface area contributed by atoms with Crippen LogP contribution >= 0.6 is 0 Å². The predicted molar refractivity (Wildman–Crippen MR) is 69.0 cm³/mol. The van der Waals surface area contributed by atoms with E-state index in [1.54, 1.807) is 6.07 Å². The third kappa shape index (κ3) is 2.48. The molecule has 92 valence electrons. The zero-order valence-electron chi connectivity index (χ0n) is 10.3. The van der Waals surface area contributed by atoms with Gasteiger partial charge in [0.1, 0.15) is 12.2 Å². The largest absolute Gasteiger partial charge is 0.342 e. The Hall–Kier alpha value is -2.35. The summed E-state index contributed by atoms with van der Waals surface area (Å²) in [7, 11) is 0. The normalized spacial score (nSPS) is 10.6. The van der Waals surface area contributed by atoms with E-state index >= 15 is 0 Å². The number of hydrogen-bond acceptors (Lipinski definition) is 3. The van der Waals surface area contributed by atoms with Gasteiger partial charge in [-0.3, -0.25) is 4.79 Å². The SMILES string of the molecule is CC(C)c1nc2ccc(NC(=O)CC#N)cc2[nH]1. The molecule has 0 bridgehead atoms. The molecule has 0 unspecified atom stereocenters. The van der Waals surface area contributed by atoms with E-state index in [0.717, 1.165) is 16.9 Å². The number of nitriles is 1. The van der Waals surface area contributed by atoms with E-state index in [0.29, 0.717) is 11.6 Å². The Morgan fingerprint density at radius 3 is 3.00 bits per heavy atom. The van der Waals surface area contributed by atoms with E-state index in [2.05, 4.69) is 29.1 Å². The molecular weight excluding hydrogens is 228 g/mol. The smallest absolute Gasteiger partial charge is 0.238 e. The van der Waals surface area contributed by atoms with Gasteiger partial charge in [0.15, 0.2) is 0 Å². The van der Waals surface area contributed by atoms with Crippen molar-refractivity contribution in [3.63, 3.8) is 0 Å². The van der Waals surface area contributed by atoms with Gasteiger partial charge in [-0.25, -0.2) is 4.98 Å². The van der Waals surface area contributed by atoms with E-state index in [1.807, 2.05) is 18.2 Å². The summed E-state index contributed by atoms with van der Waals surface area (Å²) in [4.78, 5) is 19.0. The highest BCUT2D eigenvalue weighted by Crippen LogP contribution is 2.20. The number of aromatic amines is 1. The summed E-state index contributed by atoms with van der Waals surface area (Å²) >= 11 is 0. The van der Waals surface area contributed by atoms with Gasteiger partial charge in [-0.2, -0.15) is 5.26 Å². The van der Waals surface area contributed by atoms with Crippen LogP contribution < -0.4 is 5.32 Å². The summed E-state index contributed by atoms with van der Waals surface area (Å²) < 4.78 is 0. The van der Waals surface area contributed by atoms with Gasteiger partial charge in [-0.1, -0.05) is 13.8 Å². The predicted octanol–water partition coefficient (Wildman–Crippen LogP) is 2.54. The highest BCUT2D eigenvalue weighted by atomic mass is 16.1. The second kappa shape index (κ2) is 4.88. The molecule has 1 heterocycles. The Morgan fingerprint density at radius 1 is 1.56 bits per heavy atom. The molecule has 0 spiro atoms. The Balaban J connectivity index is 2.27. The molecule has 0 saturated carbocycles. The van der Waals surface area contributed by atoms with E-state index < -0.39 is 0 Å². The summed E-state index contributed by atoms with van der Waals surface area (Å²) in [6.07, 6.45) is -0.141. The minimum absolute atomic E-state index is 0.141. The van der Waals surface area contributed by atoms with Crippen LogP contribution in [0.2, 0.25) is 0 Å². The molecule has 5 heteroatoms. The Kier molecular flexibility index (Phi) is 3.28. The quantitative estimate of drug-likeness (QED) is 0.867. The fourth-order valence-corrected chi connectivity index (χ4v) is 1.66. The Labute approximate surface area is 105 Å². The molecule has 0 aliphatic carbocycles. The van der Waals surface area contributed by atoms with Crippen LogP contribution in [-0.2, 0) is 4.79 Å². The first-order valence-electron chi connectivity index (χ1n) is 5.76. The average molecular weight is 242 g/mol. The maximum atomic E-state index is 11.3. The van der Waals surface area contributed by atoms with Crippen molar-refractivity contribution >= 4 is 22.6 Å². The maximum absolute atomic E-state index is 11.3. The summed E-state index contributed by atoms with van der Waals surface area (Å²) in [5, 5.41) is 11.1. The number of anilines is 1. The zero-order valence-corrected chi connectivity index (χ0v) is 10.3. The molecule has 0 radical (unpaired) electrons. The number of hydrogen-bond donors (Lipinski definition) is 2. The molecule has 0 fully saturated rings. The number of imidazole rings is 1. The molecule has 5 nitrogen and oxygen atoms in total. The summed E-state index contributed by atoms with van der Waals surface area (Å²) in [6, 6.07) is 7.26. The van der Waals surface area contributed by atoms with E-state index in [1.165, 1.54) is 0 Å². The maximum Gasteiger partial charge on any atom is 0.238 e. The lowest BCUT2D eigenvalue weighted by atomic mass is 10.2. The molecular formula is C13H14N4O. The van der Waals surface area contributed by atoms with Crippen LogP contribution in [0.3, 0.4) is 0 Å².